The number of hydrogen-bond acceptors (Lipinski definition) is 6. The van der Waals surface area contributed by atoms with Gasteiger partial charge in [0.1, 0.15) is 18.2 Å². The van der Waals surface area contributed by atoms with Gasteiger partial charge in [0.2, 0.25) is 0 Å². The number of furan rings is 1. The molecule has 0 N–H and O–H groups in total. The maximum atomic E-state index is 13.2. The van der Waals surface area contributed by atoms with Gasteiger partial charge in [-0.25, -0.2) is 4.98 Å². The van der Waals surface area contributed by atoms with Gasteiger partial charge in [0.05, 0.1) is 42.3 Å². The molecule has 2 aromatic heterocycles. The SMILES string of the molecule is CC(C)C1CN(c2nc(C3CCCCC3)c3c(c2C#N)CCOC3)CCN1C(=O)c1ccoc1. The van der Waals surface area contributed by atoms with Crippen molar-refractivity contribution >= 4 is 11.7 Å². The predicted molar refractivity (Wildman–Crippen MR) is 129 cm³/mol. The van der Waals surface area contributed by atoms with Crippen LogP contribution in [0.25, 0.3) is 0 Å². The van der Waals surface area contributed by atoms with Crippen LogP contribution in [0.15, 0.2) is 23.0 Å². The van der Waals surface area contributed by atoms with Crippen LogP contribution in [0.4, 0.5) is 5.82 Å². The third-order valence-electron chi connectivity index (χ3n) is 7.79. The highest BCUT2D eigenvalue weighted by molar-refractivity contribution is 5.94. The highest BCUT2D eigenvalue weighted by Gasteiger charge is 2.36. The van der Waals surface area contributed by atoms with Crippen LogP contribution in [0, 0.1) is 17.2 Å². The summed E-state index contributed by atoms with van der Waals surface area (Å²) in [5.41, 5.74) is 4.74. The van der Waals surface area contributed by atoms with E-state index in [1.807, 2.05) is 4.90 Å². The largest absolute Gasteiger partial charge is 0.472 e. The molecule has 180 valence electrons. The van der Waals surface area contributed by atoms with Crippen molar-refractivity contribution in [1.82, 2.24) is 9.88 Å². The van der Waals surface area contributed by atoms with Gasteiger partial charge in [-0.3, -0.25) is 4.79 Å². The number of carbonyl (C=O) groups is 1. The number of rotatable bonds is 4. The van der Waals surface area contributed by atoms with E-state index in [0.717, 1.165) is 41.9 Å². The van der Waals surface area contributed by atoms with Crippen molar-refractivity contribution in [2.75, 3.05) is 31.1 Å². The van der Waals surface area contributed by atoms with Crippen molar-refractivity contribution in [3.8, 4) is 6.07 Å². The minimum atomic E-state index is 0.00560. The molecule has 0 aromatic carbocycles. The van der Waals surface area contributed by atoms with Crippen LogP contribution in [0.1, 0.15) is 84.6 Å². The number of fused-ring (bicyclic) bond motifs is 1. The van der Waals surface area contributed by atoms with Crippen LogP contribution in [-0.2, 0) is 17.8 Å². The number of piperazine rings is 1. The summed E-state index contributed by atoms with van der Waals surface area (Å²) in [6, 6.07) is 4.25. The summed E-state index contributed by atoms with van der Waals surface area (Å²) < 4.78 is 11.0. The zero-order valence-electron chi connectivity index (χ0n) is 20.3. The number of carbonyl (C=O) groups excluding carboxylic acids is 1. The first-order valence-corrected chi connectivity index (χ1v) is 12.7. The summed E-state index contributed by atoms with van der Waals surface area (Å²) in [5, 5.41) is 10.2. The van der Waals surface area contributed by atoms with Gasteiger partial charge in [0.15, 0.2) is 0 Å². The number of nitrogens with zero attached hydrogens (tertiary/aromatic N) is 4. The Kier molecular flexibility index (Phi) is 6.60. The second kappa shape index (κ2) is 9.79. The molecule has 34 heavy (non-hydrogen) atoms. The van der Waals surface area contributed by atoms with Crippen molar-refractivity contribution in [1.29, 1.82) is 5.26 Å². The smallest absolute Gasteiger partial charge is 0.257 e. The van der Waals surface area contributed by atoms with Crippen LogP contribution < -0.4 is 4.90 Å². The zero-order chi connectivity index (χ0) is 23.7. The molecule has 2 fully saturated rings. The van der Waals surface area contributed by atoms with Gasteiger partial charge < -0.3 is 19.0 Å². The fraction of sp³-hybridized carbons (Fsp3) is 0.593. The van der Waals surface area contributed by atoms with Gasteiger partial charge in [-0.2, -0.15) is 5.26 Å². The van der Waals surface area contributed by atoms with E-state index >= 15 is 0 Å². The van der Waals surface area contributed by atoms with E-state index in [1.54, 1.807) is 12.3 Å². The van der Waals surface area contributed by atoms with Gasteiger partial charge in [0.25, 0.3) is 5.91 Å². The highest BCUT2D eigenvalue weighted by Crippen LogP contribution is 2.39. The molecule has 3 aliphatic rings. The number of nitriles is 1. The van der Waals surface area contributed by atoms with Crippen LogP contribution in [0.5, 0.6) is 0 Å². The molecule has 0 spiro atoms. The lowest BCUT2D eigenvalue weighted by Gasteiger charge is -2.44. The van der Waals surface area contributed by atoms with Crippen LogP contribution >= 0.6 is 0 Å². The minimum Gasteiger partial charge on any atom is -0.472 e. The normalized spacial score (nSPS) is 21.4. The summed E-state index contributed by atoms with van der Waals surface area (Å²) in [4.78, 5) is 22.6. The molecule has 4 heterocycles. The third kappa shape index (κ3) is 4.20. The lowest BCUT2D eigenvalue weighted by molar-refractivity contribution is 0.0598. The maximum Gasteiger partial charge on any atom is 0.257 e. The molecule has 1 saturated carbocycles. The first-order valence-electron chi connectivity index (χ1n) is 12.7. The summed E-state index contributed by atoms with van der Waals surface area (Å²) in [7, 11) is 0. The minimum absolute atomic E-state index is 0.00560. The Morgan fingerprint density at radius 2 is 2.03 bits per heavy atom. The predicted octanol–water partition coefficient (Wildman–Crippen LogP) is 4.65. The number of aromatic nitrogens is 1. The average molecular weight is 463 g/mol. The Morgan fingerprint density at radius 1 is 1.21 bits per heavy atom. The molecule has 0 radical (unpaired) electrons. The third-order valence-corrected chi connectivity index (χ3v) is 7.79. The van der Waals surface area contributed by atoms with E-state index < -0.39 is 0 Å². The lowest BCUT2D eigenvalue weighted by atomic mass is 9.82. The van der Waals surface area contributed by atoms with E-state index in [0.29, 0.717) is 49.9 Å². The Hall–Kier alpha value is -2.85. The van der Waals surface area contributed by atoms with Crippen molar-refractivity contribution < 1.29 is 13.9 Å². The summed E-state index contributed by atoms with van der Waals surface area (Å²) >= 11 is 0. The Bertz CT molecular complexity index is 1070. The summed E-state index contributed by atoms with van der Waals surface area (Å²) in [6.07, 6.45) is 9.91. The van der Waals surface area contributed by atoms with E-state index in [-0.39, 0.29) is 17.9 Å². The van der Waals surface area contributed by atoms with E-state index in [4.69, 9.17) is 14.1 Å². The zero-order valence-corrected chi connectivity index (χ0v) is 20.3. The van der Waals surface area contributed by atoms with Gasteiger partial charge in [-0.15, -0.1) is 0 Å². The molecule has 1 amide bonds. The van der Waals surface area contributed by atoms with Crippen molar-refractivity contribution in [2.45, 2.75) is 70.9 Å². The number of pyridine rings is 1. The summed E-state index contributed by atoms with van der Waals surface area (Å²) in [6.45, 7) is 7.44. The topological polar surface area (TPSA) is 82.6 Å². The number of amides is 1. The fourth-order valence-corrected chi connectivity index (χ4v) is 5.90. The van der Waals surface area contributed by atoms with Gasteiger partial charge in [-0.1, -0.05) is 33.1 Å². The standard InChI is InChI=1S/C27H34N4O3/c1-18(2)24-15-30(10-11-31(24)27(32)20-8-12-33-16-20)26-22(14-28)21-9-13-34-17-23(21)25(29-26)19-6-4-3-5-7-19/h8,12,16,18-19,24H,3-7,9-11,13,15,17H2,1-2H3. The second-order valence-electron chi connectivity index (χ2n) is 10.2. The molecular weight excluding hydrogens is 428 g/mol. The van der Waals surface area contributed by atoms with Crippen LogP contribution in [0.3, 0.4) is 0 Å². The molecule has 5 rings (SSSR count). The number of ether oxygens (including phenoxy) is 1. The van der Waals surface area contributed by atoms with Crippen LogP contribution in [-0.4, -0.2) is 48.1 Å². The quantitative estimate of drug-likeness (QED) is 0.658. The molecule has 1 saturated heterocycles. The van der Waals surface area contributed by atoms with E-state index in [1.165, 1.54) is 25.5 Å². The van der Waals surface area contributed by atoms with Crippen molar-refractivity contribution in [2.24, 2.45) is 5.92 Å². The molecule has 1 unspecified atom stereocenters. The number of anilines is 1. The molecule has 7 nitrogen and oxygen atoms in total. The first-order chi connectivity index (χ1) is 16.6. The monoisotopic (exact) mass is 462 g/mol. The fourth-order valence-electron chi connectivity index (χ4n) is 5.90. The van der Waals surface area contributed by atoms with Gasteiger partial charge in [-0.05, 0) is 36.8 Å². The Morgan fingerprint density at radius 3 is 2.74 bits per heavy atom. The maximum absolute atomic E-state index is 13.2. The van der Waals surface area contributed by atoms with Gasteiger partial charge >= 0.3 is 0 Å². The second-order valence-corrected chi connectivity index (χ2v) is 10.2. The molecule has 7 heteroatoms. The Balaban J connectivity index is 1.50. The van der Waals surface area contributed by atoms with Crippen molar-refractivity contribution in [3.05, 3.63) is 46.5 Å². The molecule has 0 bridgehead atoms. The molecular formula is C27H34N4O3. The lowest BCUT2D eigenvalue weighted by Crippen LogP contribution is -2.57. The molecule has 1 atom stereocenters. The first kappa shape index (κ1) is 22.9. The number of hydrogen-bond donors (Lipinski definition) is 0. The molecule has 2 aromatic rings. The highest BCUT2D eigenvalue weighted by atomic mass is 16.5. The molecule has 1 aliphatic carbocycles. The average Bonchev–Trinajstić information content (AvgIpc) is 3.42. The summed E-state index contributed by atoms with van der Waals surface area (Å²) in [5.74, 6) is 1.53. The van der Waals surface area contributed by atoms with Crippen LogP contribution in [0.2, 0.25) is 0 Å². The Labute approximate surface area is 201 Å². The van der Waals surface area contributed by atoms with E-state index in [2.05, 4.69) is 24.8 Å². The van der Waals surface area contributed by atoms with Gasteiger partial charge in [0, 0.05) is 31.1 Å². The van der Waals surface area contributed by atoms with Crippen molar-refractivity contribution in [3.63, 3.8) is 0 Å². The molecule has 2 aliphatic heterocycles. The van der Waals surface area contributed by atoms with E-state index in [9.17, 15) is 10.1 Å².